The second kappa shape index (κ2) is 10.5. The first-order chi connectivity index (χ1) is 15.4. The largest absolute Gasteiger partial charge is 0.493 e. The minimum atomic E-state index is -0.251. The van der Waals surface area contributed by atoms with Crippen LogP contribution in [0.25, 0.3) is 0 Å². The Morgan fingerprint density at radius 1 is 0.812 bits per heavy atom. The Morgan fingerprint density at radius 2 is 1.56 bits per heavy atom. The molecule has 0 radical (unpaired) electrons. The van der Waals surface area contributed by atoms with Crippen LogP contribution in [0.5, 0.6) is 11.5 Å². The molecule has 0 fully saturated rings. The van der Waals surface area contributed by atoms with Crippen molar-refractivity contribution in [2.24, 2.45) is 0 Å². The molecular weight excluding hydrogens is 404 g/mol. The van der Waals surface area contributed by atoms with Gasteiger partial charge in [0.25, 0.3) is 11.8 Å². The van der Waals surface area contributed by atoms with Gasteiger partial charge in [0.15, 0.2) is 11.5 Å². The molecule has 2 N–H and O–H groups in total. The molecule has 3 aromatic carbocycles. The third-order valence-corrected chi connectivity index (χ3v) is 5.34. The normalized spacial score (nSPS) is 10.4. The van der Waals surface area contributed by atoms with E-state index in [1.165, 1.54) is 0 Å². The van der Waals surface area contributed by atoms with E-state index in [1.54, 1.807) is 44.6 Å². The zero-order valence-electron chi connectivity index (χ0n) is 18.8. The van der Waals surface area contributed by atoms with E-state index in [4.69, 9.17) is 9.47 Å². The standard InChI is InChI=1S/C26H28N2O4/c1-17-9-11-20(15-18(17)2)25(29)28-22-8-6-5-7-21(22)26(30)27-14-13-19-10-12-23(31-3)24(16-19)32-4/h5-12,15-16H,13-14H2,1-4H3,(H,27,30)(H,28,29). The van der Waals surface area contributed by atoms with Gasteiger partial charge in [-0.1, -0.05) is 24.3 Å². The average Bonchev–Trinajstić information content (AvgIpc) is 2.80. The van der Waals surface area contributed by atoms with Crippen LogP contribution in [0.1, 0.15) is 37.4 Å². The van der Waals surface area contributed by atoms with E-state index in [9.17, 15) is 9.59 Å². The van der Waals surface area contributed by atoms with E-state index in [0.29, 0.717) is 41.3 Å². The molecule has 0 bridgehead atoms. The predicted octanol–water partition coefficient (Wildman–Crippen LogP) is 4.55. The summed E-state index contributed by atoms with van der Waals surface area (Å²) in [6.07, 6.45) is 0.628. The number of hydrogen-bond donors (Lipinski definition) is 2. The second-order valence-electron chi connectivity index (χ2n) is 7.49. The molecule has 166 valence electrons. The van der Waals surface area contributed by atoms with Crippen LogP contribution in [0.2, 0.25) is 0 Å². The molecule has 0 spiro atoms. The van der Waals surface area contributed by atoms with Crippen molar-refractivity contribution < 1.29 is 19.1 Å². The number of carbonyl (C=O) groups is 2. The van der Waals surface area contributed by atoms with Crippen molar-refractivity contribution in [1.82, 2.24) is 5.32 Å². The van der Waals surface area contributed by atoms with Gasteiger partial charge in [-0.3, -0.25) is 9.59 Å². The van der Waals surface area contributed by atoms with E-state index in [0.717, 1.165) is 16.7 Å². The number of rotatable bonds is 8. The molecule has 6 nitrogen and oxygen atoms in total. The number of carbonyl (C=O) groups excluding carboxylic acids is 2. The molecule has 0 atom stereocenters. The lowest BCUT2D eigenvalue weighted by molar-refractivity contribution is 0.0955. The van der Waals surface area contributed by atoms with Crippen LogP contribution in [-0.2, 0) is 6.42 Å². The third-order valence-electron chi connectivity index (χ3n) is 5.34. The van der Waals surface area contributed by atoms with Crippen molar-refractivity contribution in [1.29, 1.82) is 0 Å². The highest BCUT2D eigenvalue weighted by Gasteiger charge is 2.14. The Morgan fingerprint density at radius 3 is 2.28 bits per heavy atom. The van der Waals surface area contributed by atoms with Crippen LogP contribution in [0.3, 0.4) is 0 Å². The van der Waals surface area contributed by atoms with E-state index < -0.39 is 0 Å². The van der Waals surface area contributed by atoms with Crippen LogP contribution in [-0.4, -0.2) is 32.6 Å². The molecule has 0 heterocycles. The van der Waals surface area contributed by atoms with Gasteiger partial charge in [-0.05, 0) is 73.4 Å². The van der Waals surface area contributed by atoms with Gasteiger partial charge < -0.3 is 20.1 Å². The summed E-state index contributed by atoms with van der Waals surface area (Å²) < 4.78 is 10.6. The lowest BCUT2D eigenvalue weighted by atomic mass is 10.1. The fourth-order valence-corrected chi connectivity index (χ4v) is 3.32. The number of ether oxygens (including phenoxy) is 2. The zero-order chi connectivity index (χ0) is 23.1. The van der Waals surface area contributed by atoms with Crippen molar-refractivity contribution in [3.63, 3.8) is 0 Å². The molecule has 0 saturated carbocycles. The van der Waals surface area contributed by atoms with Gasteiger partial charge in [0, 0.05) is 12.1 Å². The van der Waals surface area contributed by atoms with Gasteiger partial charge in [-0.15, -0.1) is 0 Å². The van der Waals surface area contributed by atoms with Crippen molar-refractivity contribution >= 4 is 17.5 Å². The molecule has 3 aromatic rings. The van der Waals surface area contributed by atoms with Crippen LogP contribution in [0.15, 0.2) is 60.7 Å². The summed E-state index contributed by atoms with van der Waals surface area (Å²) in [6.45, 7) is 4.40. The maximum absolute atomic E-state index is 12.8. The molecule has 6 heteroatoms. The Kier molecular flexibility index (Phi) is 7.49. The van der Waals surface area contributed by atoms with Gasteiger partial charge in [0.05, 0.1) is 25.5 Å². The lowest BCUT2D eigenvalue weighted by Crippen LogP contribution is -2.27. The first-order valence-corrected chi connectivity index (χ1v) is 10.4. The van der Waals surface area contributed by atoms with Crippen LogP contribution < -0.4 is 20.1 Å². The first-order valence-electron chi connectivity index (χ1n) is 10.4. The van der Waals surface area contributed by atoms with Gasteiger partial charge in [-0.25, -0.2) is 0 Å². The van der Waals surface area contributed by atoms with E-state index in [2.05, 4.69) is 10.6 Å². The van der Waals surface area contributed by atoms with Crippen molar-refractivity contribution in [3.8, 4) is 11.5 Å². The Balaban J connectivity index is 1.65. The van der Waals surface area contributed by atoms with Crippen LogP contribution >= 0.6 is 0 Å². The molecule has 0 aliphatic carbocycles. The van der Waals surface area contributed by atoms with Gasteiger partial charge in [0.2, 0.25) is 0 Å². The van der Waals surface area contributed by atoms with Crippen molar-refractivity contribution in [3.05, 3.63) is 88.5 Å². The quantitative estimate of drug-likeness (QED) is 0.548. The Bertz CT molecular complexity index is 1120. The summed E-state index contributed by atoms with van der Waals surface area (Å²) in [7, 11) is 3.18. The number of nitrogens with one attached hydrogen (secondary N) is 2. The monoisotopic (exact) mass is 432 g/mol. The first kappa shape index (κ1) is 22.9. The number of para-hydroxylation sites is 1. The van der Waals surface area contributed by atoms with E-state index in [-0.39, 0.29) is 11.8 Å². The zero-order valence-corrected chi connectivity index (χ0v) is 18.8. The summed E-state index contributed by atoms with van der Waals surface area (Å²) in [5.74, 6) is 0.810. The van der Waals surface area contributed by atoms with Crippen LogP contribution in [0.4, 0.5) is 5.69 Å². The molecule has 2 amide bonds. The van der Waals surface area contributed by atoms with E-state index in [1.807, 2.05) is 44.2 Å². The van der Waals surface area contributed by atoms with Crippen molar-refractivity contribution in [2.75, 3.05) is 26.1 Å². The highest BCUT2D eigenvalue weighted by atomic mass is 16.5. The molecule has 0 aromatic heterocycles. The maximum Gasteiger partial charge on any atom is 0.255 e. The third kappa shape index (κ3) is 5.46. The highest BCUT2D eigenvalue weighted by molar-refractivity contribution is 6.09. The Labute approximate surface area is 188 Å². The number of amides is 2. The molecule has 0 aliphatic heterocycles. The number of hydrogen-bond acceptors (Lipinski definition) is 4. The average molecular weight is 433 g/mol. The second-order valence-corrected chi connectivity index (χ2v) is 7.49. The maximum atomic E-state index is 12.8. The predicted molar refractivity (Wildman–Crippen MR) is 126 cm³/mol. The molecule has 32 heavy (non-hydrogen) atoms. The molecule has 3 rings (SSSR count). The van der Waals surface area contributed by atoms with Gasteiger partial charge >= 0.3 is 0 Å². The fourth-order valence-electron chi connectivity index (χ4n) is 3.32. The summed E-state index contributed by atoms with van der Waals surface area (Å²) in [4.78, 5) is 25.5. The fraction of sp³-hybridized carbons (Fsp3) is 0.231. The molecular formula is C26H28N2O4. The minimum absolute atomic E-state index is 0.249. The molecule has 0 saturated heterocycles. The molecule has 0 aliphatic rings. The smallest absolute Gasteiger partial charge is 0.255 e. The summed E-state index contributed by atoms with van der Waals surface area (Å²) in [6, 6.07) is 18.2. The number of methoxy groups -OCH3 is 2. The number of aryl methyl sites for hydroxylation is 2. The number of benzene rings is 3. The van der Waals surface area contributed by atoms with Gasteiger partial charge in [0.1, 0.15) is 0 Å². The lowest BCUT2D eigenvalue weighted by Gasteiger charge is -2.13. The Hall–Kier alpha value is -3.80. The summed E-state index contributed by atoms with van der Waals surface area (Å²) >= 11 is 0. The number of anilines is 1. The topological polar surface area (TPSA) is 76.7 Å². The summed E-state index contributed by atoms with van der Waals surface area (Å²) in [5.41, 5.74) is 4.61. The van der Waals surface area contributed by atoms with Crippen LogP contribution in [0, 0.1) is 13.8 Å². The highest BCUT2D eigenvalue weighted by Crippen LogP contribution is 2.27. The minimum Gasteiger partial charge on any atom is -0.493 e. The molecule has 0 unspecified atom stereocenters. The summed E-state index contributed by atoms with van der Waals surface area (Å²) in [5, 5.41) is 5.78. The van der Waals surface area contributed by atoms with Gasteiger partial charge in [-0.2, -0.15) is 0 Å². The SMILES string of the molecule is COc1ccc(CCNC(=O)c2ccccc2NC(=O)c2ccc(C)c(C)c2)cc1OC. The van der Waals surface area contributed by atoms with Crippen molar-refractivity contribution in [2.45, 2.75) is 20.3 Å². The van der Waals surface area contributed by atoms with E-state index >= 15 is 0 Å².